The Labute approximate surface area is 180 Å². The van der Waals surface area contributed by atoms with Crippen LogP contribution in [0.15, 0.2) is 53.5 Å². The number of hydrogen-bond acceptors (Lipinski definition) is 3. The van der Waals surface area contributed by atoms with E-state index in [1.807, 2.05) is 43.3 Å². The number of nitrogens with zero attached hydrogens (tertiary/aromatic N) is 1. The summed E-state index contributed by atoms with van der Waals surface area (Å²) in [7, 11) is 0.725. The first-order valence-corrected chi connectivity index (χ1v) is 11.8. The van der Waals surface area contributed by atoms with E-state index in [2.05, 4.69) is 15.6 Å². The van der Waals surface area contributed by atoms with Crippen molar-refractivity contribution in [2.45, 2.75) is 31.6 Å². The lowest BCUT2D eigenvalue weighted by molar-refractivity contribution is 0.285. The van der Waals surface area contributed by atoms with Crippen molar-refractivity contribution < 1.29 is 13.3 Å². The van der Waals surface area contributed by atoms with Crippen molar-refractivity contribution in [1.29, 1.82) is 0 Å². The number of halogens is 1. The van der Waals surface area contributed by atoms with E-state index in [4.69, 9.17) is 4.74 Å². The van der Waals surface area contributed by atoms with E-state index < -0.39 is 10.8 Å². The fraction of sp³-hybridized carbons (Fsp3) is 0.435. The third-order valence-electron chi connectivity index (χ3n) is 5.00. The van der Waals surface area contributed by atoms with Gasteiger partial charge in [-0.2, -0.15) is 0 Å². The molecule has 1 aliphatic rings. The highest BCUT2D eigenvalue weighted by Gasteiger charge is 2.22. The molecule has 0 amide bonds. The smallest absolute Gasteiger partial charge is 0.191 e. The fourth-order valence-electron chi connectivity index (χ4n) is 2.99. The number of nitrogens with one attached hydrogen (secondary N) is 2. The van der Waals surface area contributed by atoms with Crippen LogP contribution in [0.25, 0.3) is 0 Å². The van der Waals surface area contributed by atoms with Crippen LogP contribution >= 0.6 is 0 Å². The Morgan fingerprint density at radius 3 is 2.70 bits per heavy atom. The van der Waals surface area contributed by atoms with Crippen molar-refractivity contribution in [3.8, 4) is 5.75 Å². The molecule has 2 N–H and O–H groups in total. The van der Waals surface area contributed by atoms with Gasteiger partial charge in [-0.1, -0.05) is 36.4 Å². The highest BCUT2D eigenvalue weighted by Crippen LogP contribution is 2.30. The van der Waals surface area contributed by atoms with Gasteiger partial charge < -0.3 is 15.4 Å². The second kappa shape index (κ2) is 11.1. The number of benzene rings is 2. The van der Waals surface area contributed by atoms with Crippen LogP contribution in [0.3, 0.4) is 0 Å². The maximum absolute atomic E-state index is 14.3. The lowest BCUT2D eigenvalue weighted by Crippen LogP contribution is -2.40. The van der Waals surface area contributed by atoms with E-state index in [0.717, 1.165) is 11.1 Å². The molecule has 0 aliphatic heterocycles. The summed E-state index contributed by atoms with van der Waals surface area (Å²) in [6, 6.07) is 14.7. The van der Waals surface area contributed by atoms with Gasteiger partial charge in [-0.25, -0.2) is 4.39 Å². The largest absolute Gasteiger partial charge is 0.490 e. The Hall–Kier alpha value is -2.41. The van der Waals surface area contributed by atoms with Gasteiger partial charge >= 0.3 is 0 Å². The molecule has 3 rings (SSSR count). The zero-order valence-corrected chi connectivity index (χ0v) is 18.4. The summed E-state index contributed by atoms with van der Waals surface area (Å²) in [4.78, 5) is 4.21. The molecule has 30 heavy (non-hydrogen) atoms. The minimum absolute atomic E-state index is 0.141. The summed E-state index contributed by atoms with van der Waals surface area (Å²) < 4.78 is 32.1. The van der Waals surface area contributed by atoms with E-state index in [0.29, 0.717) is 42.3 Å². The normalized spacial score (nSPS) is 16.0. The van der Waals surface area contributed by atoms with Crippen LogP contribution < -0.4 is 15.4 Å². The number of ether oxygens (including phenoxy) is 1. The lowest BCUT2D eigenvalue weighted by atomic mass is 10.1. The molecule has 0 bridgehead atoms. The molecule has 2 aromatic carbocycles. The second-order valence-corrected chi connectivity index (χ2v) is 9.16. The Bertz CT molecular complexity index is 872. The average molecular weight is 432 g/mol. The molecule has 0 radical (unpaired) electrons. The van der Waals surface area contributed by atoms with Gasteiger partial charge in [0.05, 0.1) is 12.6 Å². The van der Waals surface area contributed by atoms with Gasteiger partial charge in [-0.3, -0.25) is 9.20 Å². The molecule has 0 aromatic heterocycles. The van der Waals surface area contributed by atoms with Crippen LogP contribution in [-0.2, 0) is 16.6 Å². The van der Waals surface area contributed by atoms with Gasteiger partial charge in [0.2, 0.25) is 0 Å². The highest BCUT2D eigenvalue weighted by atomic mass is 32.2. The molecule has 0 spiro atoms. The Morgan fingerprint density at radius 2 is 2.03 bits per heavy atom. The molecule has 0 saturated heterocycles. The van der Waals surface area contributed by atoms with E-state index in [-0.39, 0.29) is 11.9 Å². The Kier molecular flexibility index (Phi) is 8.25. The van der Waals surface area contributed by atoms with Crippen molar-refractivity contribution in [3.63, 3.8) is 0 Å². The second-order valence-electron chi connectivity index (χ2n) is 7.58. The van der Waals surface area contributed by atoms with Gasteiger partial charge in [-0.15, -0.1) is 0 Å². The average Bonchev–Trinajstić information content (AvgIpc) is 3.57. The monoisotopic (exact) mass is 431 g/mol. The molecule has 162 valence electrons. The van der Waals surface area contributed by atoms with Crippen LogP contribution in [0.4, 0.5) is 4.39 Å². The summed E-state index contributed by atoms with van der Waals surface area (Å²) in [5, 5.41) is 6.43. The topological polar surface area (TPSA) is 62.7 Å². The van der Waals surface area contributed by atoms with E-state index in [1.54, 1.807) is 13.1 Å². The molecule has 1 saturated carbocycles. The molecule has 1 aliphatic carbocycles. The standard InChI is InChI=1S/C23H30FN3O2S/c1-17(20-10-11-22(21(24)14-20)29-15-18-8-9-18)27-23(25-2)26-12-13-30(28)16-19-6-4-3-5-7-19/h3-7,10-11,14,17-18H,8-9,12-13,15-16H2,1-2H3,(H2,25,26,27). The summed E-state index contributed by atoms with van der Waals surface area (Å²) in [5.74, 6) is 2.20. The maximum Gasteiger partial charge on any atom is 0.191 e. The Balaban J connectivity index is 1.44. The van der Waals surface area contributed by atoms with Crippen LogP contribution in [0, 0.1) is 11.7 Å². The fourth-order valence-corrected chi connectivity index (χ4v) is 4.03. The quantitative estimate of drug-likeness (QED) is 0.444. The lowest BCUT2D eigenvalue weighted by Gasteiger charge is -2.19. The minimum Gasteiger partial charge on any atom is -0.490 e. The van der Waals surface area contributed by atoms with E-state index >= 15 is 0 Å². The van der Waals surface area contributed by atoms with Crippen molar-refractivity contribution in [1.82, 2.24) is 10.6 Å². The third-order valence-corrected chi connectivity index (χ3v) is 6.31. The zero-order valence-electron chi connectivity index (χ0n) is 17.6. The number of hydrogen-bond donors (Lipinski definition) is 2. The predicted molar refractivity (Wildman–Crippen MR) is 121 cm³/mol. The van der Waals surface area contributed by atoms with E-state index in [1.165, 1.54) is 18.9 Å². The number of aliphatic imine (C=N–C) groups is 1. The summed E-state index contributed by atoms with van der Waals surface area (Å²) >= 11 is 0. The van der Waals surface area contributed by atoms with Gasteiger partial charge in [0.15, 0.2) is 17.5 Å². The van der Waals surface area contributed by atoms with Crippen LogP contribution in [-0.4, -0.2) is 36.1 Å². The molecule has 2 atom stereocenters. The number of rotatable bonds is 10. The van der Waals surface area contributed by atoms with Gasteiger partial charge in [0.1, 0.15) is 0 Å². The van der Waals surface area contributed by atoms with Crippen molar-refractivity contribution in [2.75, 3.05) is 26.0 Å². The van der Waals surface area contributed by atoms with E-state index in [9.17, 15) is 8.60 Å². The molecular weight excluding hydrogens is 401 g/mol. The molecular formula is C23H30FN3O2S. The van der Waals surface area contributed by atoms with Gasteiger partial charge in [0, 0.05) is 35.9 Å². The molecule has 2 unspecified atom stereocenters. The van der Waals surface area contributed by atoms with Gasteiger partial charge in [0.25, 0.3) is 0 Å². The first kappa shape index (κ1) is 22.3. The maximum atomic E-state index is 14.3. The van der Waals surface area contributed by atoms with Gasteiger partial charge in [-0.05, 0) is 48.9 Å². The summed E-state index contributed by atoms with van der Waals surface area (Å²) in [6.45, 7) is 3.07. The minimum atomic E-state index is -0.954. The summed E-state index contributed by atoms with van der Waals surface area (Å²) in [6.07, 6.45) is 2.35. The number of guanidine groups is 1. The van der Waals surface area contributed by atoms with Crippen LogP contribution in [0.1, 0.15) is 36.9 Å². The highest BCUT2D eigenvalue weighted by molar-refractivity contribution is 7.84. The predicted octanol–water partition coefficient (Wildman–Crippen LogP) is 3.79. The molecule has 0 heterocycles. The molecule has 1 fully saturated rings. The first-order chi connectivity index (χ1) is 14.5. The molecule has 5 nitrogen and oxygen atoms in total. The van der Waals surface area contributed by atoms with Crippen LogP contribution in [0.5, 0.6) is 5.75 Å². The summed E-state index contributed by atoms with van der Waals surface area (Å²) in [5.41, 5.74) is 1.88. The van der Waals surface area contributed by atoms with Crippen molar-refractivity contribution in [3.05, 3.63) is 65.5 Å². The third kappa shape index (κ3) is 7.13. The molecule has 2 aromatic rings. The van der Waals surface area contributed by atoms with Crippen molar-refractivity contribution >= 4 is 16.8 Å². The zero-order chi connectivity index (χ0) is 21.3. The molecule has 7 heteroatoms. The first-order valence-electron chi connectivity index (χ1n) is 10.3. The Morgan fingerprint density at radius 1 is 1.27 bits per heavy atom. The van der Waals surface area contributed by atoms with Crippen molar-refractivity contribution in [2.24, 2.45) is 10.9 Å². The SMILES string of the molecule is CN=C(NCCS(=O)Cc1ccccc1)NC(C)c1ccc(OCC2CC2)c(F)c1. The van der Waals surface area contributed by atoms with Crippen LogP contribution in [0.2, 0.25) is 0 Å².